The van der Waals surface area contributed by atoms with Crippen molar-refractivity contribution in [1.29, 1.82) is 0 Å². The molecule has 1 aromatic heterocycles. The van der Waals surface area contributed by atoms with Crippen LogP contribution in [0.25, 0.3) is 0 Å². The van der Waals surface area contributed by atoms with E-state index in [4.69, 9.17) is 0 Å². The maximum atomic E-state index is 4.22. The van der Waals surface area contributed by atoms with Gasteiger partial charge in [-0.2, -0.15) is 5.10 Å². The van der Waals surface area contributed by atoms with Gasteiger partial charge in [-0.15, -0.1) is 0 Å². The van der Waals surface area contributed by atoms with Crippen LogP contribution >= 0.6 is 0 Å². The number of aromatic nitrogens is 2. The lowest BCUT2D eigenvalue weighted by atomic mass is 10.3. The maximum Gasteiger partial charge on any atom is 0.0624 e. The summed E-state index contributed by atoms with van der Waals surface area (Å²) in [7, 11) is 1.94. The van der Waals surface area contributed by atoms with Crippen molar-refractivity contribution in [3.63, 3.8) is 0 Å². The van der Waals surface area contributed by atoms with Crippen LogP contribution in [0.2, 0.25) is 0 Å². The summed E-state index contributed by atoms with van der Waals surface area (Å²) in [6.45, 7) is 6.41. The van der Waals surface area contributed by atoms with E-state index in [9.17, 15) is 0 Å². The molecule has 1 aromatic rings. The second-order valence-electron chi connectivity index (χ2n) is 2.94. The summed E-state index contributed by atoms with van der Waals surface area (Å²) >= 11 is 0. The Kier molecular flexibility index (Phi) is 6.44. The van der Waals surface area contributed by atoms with Crippen LogP contribution in [-0.4, -0.2) is 9.78 Å². The highest BCUT2D eigenvalue weighted by Crippen LogP contribution is 1.96. The lowest BCUT2D eigenvalue weighted by molar-refractivity contribution is 0.733. The molecule has 0 radical (unpaired) electrons. The quantitative estimate of drug-likeness (QED) is 0.664. The predicted octanol–water partition coefficient (Wildman–Crippen LogP) is 2.79. The highest BCUT2D eigenvalue weighted by atomic mass is 15.2. The summed E-state index contributed by atoms with van der Waals surface area (Å²) in [6, 6.07) is 2.06. The normalized spacial score (nSPS) is 9.00. The van der Waals surface area contributed by atoms with Gasteiger partial charge in [0.25, 0.3) is 0 Å². The van der Waals surface area contributed by atoms with Gasteiger partial charge < -0.3 is 0 Å². The van der Waals surface area contributed by atoms with Crippen molar-refractivity contribution in [2.45, 2.75) is 40.0 Å². The van der Waals surface area contributed by atoms with Gasteiger partial charge in [0.2, 0.25) is 0 Å². The van der Waals surface area contributed by atoms with E-state index in [0.29, 0.717) is 0 Å². The summed E-state index contributed by atoms with van der Waals surface area (Å²) in [4.78, 5) is 0. The molecule has 0 amide bonds. The van der Waals surface area contributed by atoms with E-state index in [1.165, 1.54) is 18.5 Å². The second-order valence-corrected chi connectivity index (χ2v) is 2.94. The van der Waals surface area contributed by atoms with Crippen molar-refractivity contribution in [2.75, 3.05) is 0 Å². The van der Waals surface area contributed by atoms with Gasteiger partial charge in [-0.1, -0.05) is 33.6 Å². The molecule has 70 valence electrons. The molecule has 2 nitrogen and oxygen atoms in total. The highest BCUT2D eigenvalue weighted by Gasteiger charge is 1.91. The zero-order valence-corrected chi connectivity index (χ0v) is 8.67. The first-order chi connectivity index (χ1) is 5.74. The van der Waals surface area contributed by atoms with Crippen LogP contribution in [0.1, 0.15) is 39.3 Å². The average molecular weight is 168 g/mol. The Morgan fingerprint density at radius 1 is 1.33 bits per heavy atom. The molecule has 0 saturated carbocycles. The van der Waals surface area contributed by atoms with E-state index in [-0.39, 0.29) is 0 Å². The standard InChI is InChI=1S/C7H12N2.C3H8/c1-3-4-7-5-6-9(2)8-7;1-3-2/h5-6H,3-4H2,1-2H3;3H2,1-2H3. The fraction of sp³-hybridized carbons (Fsp3) is 0.700. The van der Waals surface area contributed by atoms with Crippen molar-refractivity contribution >= 4 is 0 Å². The Morgan fingerprint density at radius 3 is 2.25 bits per heavy atom. The third-order valence-corrected chi connectivity index (χ3v) is 1.27. The van der Waals surface area contributed by atoms with E-state index < -0.39 is 0 Å². The minimum Gasteiger partial charge on any atom is -0.276 e. The summed E-state index contributed by atoms with van der Waals surface area (Å²) in [6.07, 6.45) is 5.50. The molecular weight excluding hydrogens is 148 g/mol. The van der Waals surface area contributed by atoms with Gasteiger partial charge >= 0.3 is 0 Å². The van der Waals surface area contributed by atoms with Crippen molar-refractivity contribution in [2.24, 2.45) is 7.05 Å². The molecule has 0 aliphatic carbocycles. The first kappa shape index (κ1) is 11.2. The molecule has 0 bridgehead atoms. The monoisotopic (exact) mass is 168 g/mol. The minimum atomic E-state index is 1.10. The minimum absolute atomic E-state index is 1.10. The van der Waals surface area contributed by atoms with Crippen LogP contribution in [0.5, 0.6) is 0 Å². The molecule has 0 spiro atoms. The summed E-state index contributed by atoms with van der Waals surface area (Å²) < 4.78 is 1.84. The van der Waals surface area contributed by atoms with Crippen molar-refractivity contribution in [3.05, 3.63) is 18.0 Å². The average Bonchev–Trinajstić information content (AvgIpc) is 2.38. The predicted molar refractivity (Wildman–Crippen MR) is 53.2 cm³/mol. The van der Waals surface area contributed by atoms with Gasteiger partial charge in [0.1, 0.15) is 0 Å². The van der Waals surface area contributed by atoms with E-state index in [1.54, 1.807) is 0 Å². The lowest BCUT2D eigenvalue weighted by Gasteiger charge is -1.87. The zero-order valence-electron chi connectivity index (χ0n) is 8.67. The molecule has 1 heterocycles. The molecule has 0 aromatic carbocycles. The molecule has 0 aliphatic heterocycles. The lowest BCUT2D eigenvalue weighted by Crippen LogP contribution is -1.89. The molecule has 2 heteroatoms. The van der Waals surface area contributed by atoms with Crippen LogP contribution in [-0.2, 0) is 13.5 Å². The van der Waals surface area contributed by atoms with E-state index in [0.717, 1.165) is 6.42 Å². The number of hydrogen-bond acceptors (Lipinski definition) is 1. The van der Waals surface area contributed by atoms with E-state index >= 15 is 0 Å². The Labute approximate surface area is 75.6 Å². The number of aryl methyl sites for hydroxylation is 2. The third kappa shape index (κ3) is 4.94. The number of hydrogen-bond donors (Lipinski definition) is 0. The Hall–Kier alpha value is -0.790. The van der Waals surface area contributed by atoms with Crippen molar-refractivity contribution in [1.82, 2.24) is 9.78 Å². The molecule has 0 fully saturated rings. The topological polar surface area (TPSA) is 17.8 Å². The Bertz CT molecular complexity index is 191. The first-order valence-corrected chi connectivity index (χ1v) is 4.73. The van der Waals surface area contributed by atoms with Crippen LogP contribution in [0, 0.1) is 0 Å². The maximum absolute atomic E-state index is 4.22. The SMILES string of the molecule is CCC.CCCc1ccn(C)n1. The summed E-state index contributed by atoms with van der Waals surface area (Å²) in [5.41, 5.74) is 1.19. The molecule has 0 aliphatic rings. The molecule has 0 N–H and O–H groups in total. The third-order valence-electron chi connectivity index (χ3n) is 1.27. The fourth-order valence-corrected chi connectivity index (χ4v) is 0.853. The highest BCUT2D eigenvalue weighted by molar-refractivity contribution is 4.97. The molecule has 0 atom stereocenters. The Balaban J connectivity index is 0.000000354. The number of rotatable bonds is 2. The van der Waals surface area contributed by atoms with Gasteiger partial charge in [-0.3, -0.25) is 4.68 Å². The van der Waals surface area contributed by atoms with E-state index in [2.05, 4.69) is 31.9 Å². The second kappa shape index (κ2) is 6.89. The summed E-state index contributed by atoms with van der Waals surface area (Å²) in [5.74, 6) is 0. The summed E-state index contributed by atoms with van der Waals surface area (Å²) in [5, 5.41) is 4.22. The van der Waals surface area contributed by atoms with Crippen LogP contribution in [0.4, 0.5) is 0 Å². The van der Waals surface area contributed by atoms with Gasteiger partial charge in [0.05, 0.1) is 5.69 Å². The van der Waals surface area contributed by atoms with Crippen LogP contribution < -0.4 is 0 Å². The molecule has 0 unspecified atom stereocenters. The van der Waals surface area contributed by atoms with Crippen LogP contribution in [0.3, 0.4) is 0 Å². The van der Waals surface area contributed by atoms with Gasteiger partial charge in [0, 0.05) is 13.2 Å². The Morgan fingerprint density at radius 2 is 1.92 bits per heavy atom. The zero-order chi connectivity index (χ0) is 9.40. The molecule has 0 saturated heterocycles. The molecule has 12 heavy (non-hydrogen) atoms. The van der Waals surface area contributed by atoms with Crippen molar-refractivity contribution < 1.29 is 0 Å². The number of nitrogens with zero attached hydrogens (tertiary/aromatic N) is 2. The van der Waals surface area contributed by atoms with E-state index in [1.807, 2.05) is 17.9 Å². The molecule has 1 rings (SSSR count). The molecular formula is C10H20N2. The first-order valence-electron chi connectivity index (χ1n) is 4.73. The fourth-order valence-electron chi connectivity index (χ4n) is 0.853. The van der Waals surface area contributed by atoms with Gasteiger partial charge in [-0.05, 0) is 12.5 Å². The smallest absolute Gasteiger partial charge is 0.0624 e. The van der Waals surface area contributed by atoms with Crippen LogP contribution in [0.15, 0.2) is 12.3 Å². The van der Waals surface area contributed by atoms with Gasteiger partial charge in [-0.25, -0.2) is 0 Å². The van der Waals surface area contributed by atoms with Crippen molar-refractivity contribution in [3.8, 4) is 0 Å². The largest absolute Gasteiger partial charge is 0.276 e. The van der Waals surface area contributed by atoms with Gasteiger partial charge in [0.15, 0.2) is 0 Å².